The number of hydrogen-bond acceptors (Lipinski definition) is 3. The number of hydrogen-bond donors (Lipinski definition) is 1. The first kappa shape index (κ1) is 12.4. The molecule has 1 aliphatic rings. The number of aryl methyl sites for hydroxylation is 1. The highest BCUT2D eigenvalue weighted by atomic mass is 16.5. The van der Waals surface area contributed by atoms with Crippen LogP contribution in [0.4, 0.5) is 0 Å². The van der Waals surface area contributed by atoms with Gasteiger partial charge in [-0.25, -0.2) is 0 Å². The van der Waals surface area contributed by atoms with E-state index in [0.29, 0.717) is 18.1 Å². The minimum absolute atomic E-state index is 0.261. The molecule has 2 heterocycles. The van der Waals surface area contributed by atoms with Crippen LogP contribution < -0.4 is 0 Å². The van der Waals surface area contributed by atoms with Crippen molar-refractivity contribution in [2.45, 2.75) is 58.7 Å². The first-order valence-electron chi connectivity index (χ1n) is 6.40. The first-order chi connectivity index (χ1) is 8.08. The molecule has 0 amide bonds. The van der Waals surface area contributed by atoms with Crippen molar-refractivity contribution in [1.82, 2.24) is 4.98 Å². The molecule has 1 aliphatic heterocycles. The molecule has 0 saturated carbocycles. The third-order valence-corrected chi connectivity index (χ3v) is 3.70. The van der Waals surface area contributed by atoms with Crippen molar-refractivity contribution in [3.05, 3.63) is 23.0 Å². The average molecular weight is 235 g/mol. The fraction of sp³-hybridized carbons (Fsp3) is 0.643. The van der Waals surface area contributed by atoms with Crippen molar-refractivity contribution in [1.29, 1.82) is 0 Å². The molecule has 0 fully saturated rings. The van der Waals surface area contributed by atoms with Gasteiger partial charge in [0.15, 0.2) is 0 Å². The van der Waals surface area contributed by atoms with Crippen LogP contribution in [-0.2, 0) is 16.9 Å². The number of rotatable bonds is 4. The topological polar surface area (TPSA) is 42.4 Å². The van der Waals surface area contributed by atoms with Crippen molar-refractivity contribution < 1.29 is 9.84 Å². The predicted octanol–water partition coefficient (Wildman–Crippen LogP) is 3.42. The molecule has 1 unspecified atom stereocenters. The van der Waals surface area contributed by atoms with Gasteiger partial charge < -0.3 is 9.84 Å². The van der Waals surface area contributed by atoms with Crippen LogP contribution in [0.25, 0.3) is 0 Å². The van der Waals surface area contributed by atoms with Gasteiger partial charge in [-0.05, 0) is 20.3 Å². The van der Waals surface area contributed by atoms with Crippen molar-refractivity contribution in [3.63, 3.8) is 0 Å². The van der Waals surface area contributed by atoms with E-state index in [9.17, 15) is 5.11 Å². The summed E-state index contributed by atoms with van der Waals surface area (Å²) in [5, 5.41) is 9.98. The van der Waals surface area contributed by atoms with E-state index in [0.717, 1.165) is 24.0 Å². The van der Waals surface area contributed by atoms with E-state index in [1.807, 2.05) is 13.1 Å². The molecule has 0 aliphatic carbocycles. The molecule has 94 valence electrons. The average Bonchev–Trinajstić information content (AvgIpc) is 2.63. The summed E-state index contributed by atoms with van der Waals surface area (Å²) in [6.07, 6.45) is 6.45. The molecule has 0 bridgehead atoms. The maximum atomic E-state index is 9.98. The summed E-state index contributed by atoms with van der Waals surface area (Å²) in [5.74, 6) is 0.307. The molecule has 17 heavy (non-hydrogen) atoms. The summed E-state index contributed by atoms with van der Waals surface area (Å²) in [6, 6.07) is 0. The Labute approximate surface area is 103 Å². The Hall–Kier alpha value is -1.09. The number of aromatic nitrogens is 1. The third-order valence-electron chi connectivity index (χ3n) is 3.70. The minimum atomic E-state index is -0.261. The number of fused-ring (bicyclic) bond motifs is 1. The SMILES string of the molecule is CCCCCC1(C)OCc2c1cnc(C)c2O. The van der Waals surface area contributed by atoms with Gasteiger partial charge in [-0.1, -0.05) is 26.2 Å². The lowest BCUT2D eigenvalue weighted by molar-refractivity contribution is -0.0314. The summed E-state index contributed by atoms with van der Waals surface area (Å²) in [6.45, 7) is 6.63. The zero-order valence-electron chi connectivity index (χ0n) is 10.9. The van der Waals surface area contributed by atoms with Gasteiger partial charge in [0.1, 0.15) is 5.75 Å². The Morgan fingerprint density at radius 2 is 2.24 bits per heavy atom. The normalized spacial score (nSPS) is 22.8. The molecule has 1 aromatic heterocycles. The molecule has 0 spiro atoms. The zero-order chi connectivity index (χ0) is 12.5. The molecular formula is C14H21NO2. The molecule has 1 aromatic rings. The highest BCUT2D eigenvalue weighted by Crippen LogP contribution is 2.43. The summed E-state index contributed by atoms with van der Waals surface area (Å²) in [5.41, 5.74) is 2.42. The highest BCUT2D eigenvalue weighted by molar-refractivity contribution is 5.45. The van der Waals surface area contributed by atoms with E-state index in [-0.39, 0.29) is 5.60 Å². The Bertz CT molecular complexity index is 417. The molecule has 2 rings (SSSR count). The lowest BCUT2D eigenvalue weighted by Gasteiger charge is -2.24. The molecule has 0 saturated heterocycles. The maximum absolute atomic E-state index is 9.98. The van der Waals surface area contributed by atoms with E-state index in [1.54, 1.807) is 0 Å². The molecule has 0 radical (unpaired) electrons. The first-order valence-corrected chi connectivity index (χ1v) is 6.40. The van der Waals surface area contributed by atoms with E-state index >= 15 is 0 Å². The summed E-state index contributed by atoms with van der Waals surface area (Å²) < 4.78 is 5.89. The summed E-state index contributed by atoms with van der Waals surface area (Å²) in [7, 11) is 0. The molecular weight excluding hydrogens is 214 g/mol. The monoisotopic (exact) mass is 235 g/mol. The number of pyridine rings is 1. The van der Waals surface area contributed by atoms with Gasteiger partial charge >= 0.3 is 0 Å². The zero-order valence-corrected chi connectivity index (χ0v) is 10.9. The third kappa shape index (κ3) is 2.16. The van der Waals surface area contributed by atoms with Crippen LogP contribution in [0, 0.1) is 6.92 Å². The second-order valence-electron chi connectivity index (χ2n) is 5.06. The largest absolute Gasteiger partial charge is 0.506 e. The minimum Gasteiger partial charge on any atom is -0.506 e. The predicted molar refractivity (Wildman–Crippen MR) is 66.9 cm³/mol. The fourth-order valence-electron chi connectivity index (χ4n) is 2.48. The molecule has 3 heteroatoms. The van der Waals surface area contributed by atoms with Crippen LogP contribution in [0.3, 0.4) is 0 Å². The molecule has 0 aromatic carbocycles. The van der Waals surface area contributed by atoms with E-state index in [2.05, 4.69) is 18.8 Å². The number of aromatic hydroxyl groups is 1. The Morgan fingerprint density at radius 1 is 1.47 bits per heavy atom. The Morgan fingerprint density at radius 3 is 2.94 bits per heavy atom. The van der Waals surface area contributed by atoms with E-state index in [1.165, 1.54) is 12.8 Å². The van der Waals surface area contributed by atoms with E-state index < -0.39 is 0 Å². The number of unbranched alkanes of at least 4 members (excludes halogenated alkanes) is 2. The van der Waals surface area contributed by atoms with Crippen LogP contribution in [0.5, 0.6) is 5.75 Å². The lowest BCUT2D eigenvalue weighted by atomic mass is 9.90. The molecule has 3 nitrogen and oxygen atoms in total. The van der Waals surface area contributed by atoms with Gasteiger partial charge in [0.05, 0.1) is 17.9 Å². The number of nitrogens with zero attached hydrogens (tertiary/aromatic N) is 1. The summed E-state index contributed by atoms with van der Waals surface area (Å²) >= 11 is 0. The van der Waals surface area contributed by atoms with Gasteiger partial charge in [0.2, 0.25) is 0 Å². The Kier molecular flexibility index (Phi) is 3.38. The van der Waals surface area contributed by atoms with Crippen LogP contribution in [-0.4, -0.2) is 10.1 Å². The lowest BCUT2D eigenvalue weighted by Crippen LogP contribution is -2.20. The molecule has 1 atom stereocenters. The van der Waals surface area contributed by atoms with Gasteiger partial charge in [-0.2, -0.15) is 0 Å². The smallest absolute Gasteiger partial charge is 0.142 e. The van der Waals surface area contributed by atoms with Gasteiger partial charge in [-0.3, -0.25) is 4.98 Å². The summed E-state index contributed by atoms with van der Waals surface area (Å²) in [4.78, 5) is 4.24. The second kappa shape index (κ2) is 4.65. The molecule has 1 N–H and O–H groups in total. The standard InChI is InChI=1S/C14H21NO2/c1-4-5-6-7-14(3)12-8-15-10(2)13(16)11(12)9-17-14/h8,16H,4-7,9H2,1-3H3. The van der Waals surface area contributed by atoms with Gasteiger partial charge in [-0.15, -0.1) is 0 Å². The van der Waals surface area contributed by atoms with Crippen molar-refractivity contribution in [3.8, 4) is 5.75 Å². The second-order valence-corrected chi connectivity index (χ2v) is 5.06. The Balaban J connectivity index is 2.24. The van der Waals surface area contributed by atoms with Crippen LogP contribution >= 0.6 is 0 Å². The van der Waals surface area contributed by atoms with Crippen molar-refractivity contribution in [2.24, 2.45) is 0 Å². The van der Waals surface area contributed by atoms with Gasteiger partial charge in [0, 0.05) is 17.3 Å². The quantitative estimate of drug-likeness (QED) is 0.813. The maximum Gasteiger partial charge on any atom is 0.142 e. The van der Waals surface area contributed by atoms with Crippen LogP contribution in [0.2, 0.25) is 0 Å². The fourth-order valence-corrected chi connectivity index (χ4v) is 2.48. The van der Waals surface area contributed by atoms with Crippen molar-refractivity contribution in [2.75, 3.05) is 0 Å². The highest BCUT2D eigenvalue weighted by Gasteiger charge is 2.37. The van der Waals surface area contributed by atoms with Gasteiger partial charge in [0.25, 0.3) is 0 Å². The van der Waals surface area contributed by atoms with Crippen molar-refractivity contribution >= 4 is 0 Å². The van der Waals surface area contributed by atoms with Crippen LogP contribution in [0.15, 0.2) is 6.20 Å². The van der Waals surface area contributed by atoms with Crippen LogP contribution in [0.1, 0.15) is 56.4 Å². The number of ether oxygens (including phenoxy) is 1. The van der Waals surface area contributed by atoms with E-state index in [4.69, 9.17) is 4.74 Å².